The van der Waals surface area contributed by atoms with Crippen LogP contribution in [-0.2, 0) is 0 Å². The molecule has 0 saturated carbocycles. The van der Waals surface area contributed by atoms with Gasteiger partial charge in [-0.2, -0.15) is 5.10 Å². The van der Waals surface area contributed by atoms with Gasteiger partial charge in [0.25, 0.3) is 5.56 Å². The number of imidazole rings is 1. The van der Waals surface area contributed by atoms with Crippen LogP contribution >= 0.6 is 11.6 Å². The second-order valence-corrected chi connectivity index (χ2v) is 7.52. The third-order valence-corrected chi connectivity index (χ3v) is 5.75. The first-order valence-electron chi connectivity index (χ1n) is 9.42. The monoisotopic (exact) mass is 411 g/mol. The summed E-state index contributed by atoms with van der Waals surface area (Å²) >= 11 is 6.40. The molecular weight excluding hydrogens is 398 g/mol. The molecule has 6 nitrogen and oxygen atoms in total. The largest absolute Gasteiger partial charge is 0.337 e. The van der Waals surface area contributed by atoms with Gasteiger partial charge in [0.1, 0.15) is 5.82 Å². The van der Waals surface area contributed by atoms with Crippen LogP contribution in [0.4, 0.5) is 0 Å². The van der Waals surface area contributed by atoms with Crippen LogP contribution in [0.3, 0.4) is 0 Å². The van der Waals surface area contributed by atoms with E-state index in [-0.39, 0.29) is 5.56 Å². The van der Waals surface area contributed by atoms with Gasteiger partial charge in [-0.05, 0) is 35.7 Å². The minimum Gasteiger partial charge on any atom is -0.337 e. The second-order valence-electron chi connectivity index (χ2n) is 7.12. The van der Waals surface area contributed by atoms with E-state index in [0.717, 1.165) is 44.0 Å². The summed E-state index contributed by atoms with van der Waals surface area (Å²) < 4.78 is 0. The van der Waals surface area contributed by atoms with E-state index >= 15 is 0 Å². The number of nitrogens with one attached hydrogen (secondary N) is 3. The van der Waals surface area contributed by atoms with Crippen molar-refractivity contribution in [1.29, 1.82) is 0 Å². The van der Waals surface area contributed by atoms with Gasteiger partial charge in [0, 0.05) is 34.3 Å². The van der Waals surface area contributed by atoms with Crippen LogP contribution in [0.15, 0.2) is 71.8 Å². The zero-order valence-corrected chi connectivity index (χ0v) is 16.3. The van der Waals surface area contributed by atoms with Crippen LogP contribution in [0.25, 0.3) is 55.2 Å². The lowest BCUT2D eigenvalue weighted by atomic mass is 9.98. The number of aromatic nitrogens is 5. The Balaban J connectivity index is 1.77. The number of nitrogens with zero attached hydrogens (tertiary/aromatic N) is 2. The van der Waals surface area contributed by atoms with Crippen LogP contribution in [0.2, 0.25) is 5.02 Å². The summed E-state index contributed by atoms with van der Waals surface area (Å²) in [5.41, 5.74) is 4.12. The van der Waals surface area contributed by atoms with Gasteiger partial charge in [-0.25, -0.2) is 4.98 Å². The number of halogens is 1. The highest BCUT2D eigenvalue weighted by Gasteiger charge is 2.17. The first-order valence-corrected chi connectivity index (χ1v) is 9.80. The van der Waals surface area contributed by atoms with Crippen molar-refractivity contribution >= 4 is 44.2 Å². The van der Waals surface area contributed by atoms with Crippen LogP contribution in [0, 0.1) is 0 Å². The number of hydrogen-bond donors (Lipinski definition) is 3. The van der Waals surface area contributed by atoms with E-state index in [2.05, 4.69) is 20.2 Å². The number of aromatic amines is 3. The fourth-order valence-corrected chi connectivity index (χ4v) is 4.27. The minimum atomic E-state index is -0.150. The van der Waals surface area contributed by atoms with E-state index < -0.39 is 0 Å². The molecule has 0 aliphatic heterocycles. The predicted octanol–water partition coefficient (Wildman–Crippen LogP) is 5.27. The van der Waals surface area contributed by atoms with Gasteiger partial charge in [-0.3, -0.25) is 9.89 Å². The van der Waals surface area contributed by atoms with Gasteiger partial charge >= 0.3 is 0 Å². The van der Waals surface area contributed by atoms with Crippen molar-refractivity contribution in [3.63, 3.8) is 0 Å². The number of rotatable bonds is 2. The maximum Gasteiger partial charge on any atom is 0.256 e. The molecule has 0 aliphatic rings. The molecule has 0 amide bonds. The third kappa shape index (κ3) is 2.41. The van der Waals surface area contributed by atoms with E-state index in [4.69, 9.17) is 16.6 Å². The Bertz CT molecular complexity index is 1630. The Morgan fingerprint density at radius 1 is 0.933 bits per heavy atom. The standard InChI is InChI=1S/C23H14ClN5O/c24-17-4-2-1-3-14(17)22-27-20-13-6-5-12(18-8-10-26-29-18)11-16(13)19-15(21(20)28-22)7-9-25-23(19)30/h1-11H,(H,25,30)(H,26,29)(H,27,28). The molecule has 6 aromatic rings. The highest BCUT2D eigenvalue weighted by Crippen LogP contribution is 2.36. The van der Waals surface area contributed by atoms with Crippen molar-refractivity contribution in [2.45, 2.75) is 0 Å². The molecule has 3 N–H and O–H groups in total. The SMILES string of the molecule is O=c1[nH]ccc2c3nc(-c4ccccc4Cl)[nH]c3c3ccc(-c4ccn[nH]4)cc3c12. The van der Waals surface area contributed by atoms with E-state index in [1.54, 1.807) is 12.4 Å². The van der Waals surface area contributed by atoms with Crippen molar-refractivity contribution in [3.05, 3.63) is 82.4 Å². The average molecular weight is 412 g/mol. The highest BCUT2D eigenvalue weighted by molar-refractivity contribution is 6.33. The summed E-state index contributed by atoms with van der Waals surface area (Å²) in [5, 5.41) is 10.8. The van der Waals surface area contributed by atoms with Crippen molar-refractivity contribution in [2.75, 3.05) is 0 Å². The highest BCUT2D eigenvalue weighted by atomic mass is 35.5. The maximum atomic E-state index is 12.8. The third-order valence-electron chi connectivity index (χ3n) is 5.42. The van der Waals surface area contributed by atoms with E-state index in [9.17, 15) is 4.79 Å². The Hall–Kier alpha value is -3.90. The second kappa shape index (κ2) is 6.30. The molecule has 3 aromatic heterocycles. The van der Waals surface area contributed by atoms with Gasteiger partial charge < -0.3 is 9.97 Å². The Kier molecular flexibility index (Phi) is 3.57. The van der Waals surface area contributed by atoms with Gasteiger partial charge in [-0.1, -0.05) is 35.9 Å². The smallest absolute Gasteiger partial charge is 0.256 e. The molecule has 0 fully saturated rings. The van der Waals surface area contributed by atoms with E-state index in [1.807, 2.05) is 54.6 Å². The molecule has 30 heavy (non-hydrogen) atoms. The maximum absolute atomic E-state index is 12.8. The Morgan fingerprint density at radius 3 is 2.67 bits per heavy atom. The van der Waals surface area contributed by atoms with Crippen LogP contribution in [0.5, 0.6) is 0 Å². The Morgan fingerprint density at radius 2 is 1.83 bits per heavy atom. The summed E-state index contributed by atoms with van der Waals surface area (Å²) in [7, 11) is 0. The Labute approximate surface area is 174 Å². The van der Waals surface area contributed by atoms with Crippen LogP contribution in [0.1, 0.15) is 0 Å². The molecule has 0 atom stereocenters. The minimum absolute atomic E-state index is 0.150. The molecule has 0 saturated heterocycles. The number of H-pyrrole nitrogens is 3. The first-order chi connectivity index (χ1) is 14.7. The number of benzene rings is 3. The normalized spacial score (nSPS) is 11.6. The molecule has 0 radical (unpaired) electrons. The molecule has 0 bridgehead atoms. The van der Waals surface area contributed by atoms with Gasteiger partial charge in [0.2, 0.25) is 0 Å². The first kappa shape index (κ1) is 17.0. The zero-order chi connectivity index (χ0) is 20.2. The quantitative estimate of drug-likeness (QED) is 0.339. The lowest BCUT2D eigenvalue weighted by Gasteiger charge is -2.07. The lowest BCUT2D eigenvalue weighted by Crippen LogP contribution is -2.05. The number of hydrogen-bond acceptors (Lipinski definition) is 3. The predicted molar refractivity (Wildman–Crippen MR) is 120 cm³/mol. The summed E-state index contributed by atoms with van der Waals surface area (Å²) in [4.78, 5) is 23.9. The fourth-order valence-electron chi connectivity index (χ4n) is 4.04. The van der Waals surface area contributed by atoms with E-state index in [0.29, 0.717) is 16.2 Å². The van der Waals surface area contributed by atoms with Gasteiger partial charge in [-0.15, -0.1) is 0 Å². The molecule has 3 aromatic carbocycles. The number of pyridine rings is 1. The van der Waals surface area contributed by atoms with Crippen molar-refractivity contribution in [1.82, 2.24) is 25.1 Å². The van der Waals surface area contributed by atoms with Gasteiger partial charge in [0.15, 0.2) is 0 Å². The average Bonchev–Trinajstić information content (AvgIpc) is 3.44. The zero-order valence-electron chi connectivity index (χ0n) is 15.5. The van der Waals surface area contributed by atoms with E-state index in [1.165, 1.54) is 0 Å². The van der Waals surface area contributed by atoms with Crippen LogP contribution in [-0.4, -0.2) is 25.1 Å². The topological polar surface area (TPSA) is 90.2 Å². The summed E-state index contributed by atoms with van der Waals surface area (Å²) in [6, 6.07) is 17.4. The molecule has 6 rings (SSSR count). The molecule has 7 heteroatoms. The van der Waals surface area contributed by atoms with Crippen LogP contribution < -0.4 is 5.56 Å². The van der Waals surface area contributed by atoms with Crippen molar-refractivity contribution in [3.8, 4) is 22.6 Å². The number of fused-ring (bicyclic) bond motifs is 6. The molecule has 0 spiro atoms. The molecule has 0 unspecified atom stereocenters. The molecule has 144 valence electrons. The summed E-state index contributed by atoms with van der Waals surface area (Å²) in [6.45, 7) is 0. The fraction of sp³-hybridized carbons (Fsp3) is 0. The molecular formula is C23H14ClN5O. The van der Waals surface area contributed by atoms with Gasteiger partial charge in [0.05, 0.1) is 27.1 Å². The molecule has 0 aliphatic carbocycles. The lowest BCUT2D eigenvalue weighted by molar-refractivity contribution is 1.10. The summed E-state index contributed by atoms with van der Waals surface area (Å²) in [5.74, 6) is 0.669. The summed E-state index contributed by atoms with van der Waals surface area (Å²) in [6.07, 6.45) is 3.36. The van der Waals surface area contributed by atoms with Crippen molar-refractivity contribution < 1.29 is 0 Å². The van der Waals surface area contributed by atoms with Crippen molar-refractivity contribution in [2.24, 2.45) is 0 Å². The molecule has 3 heterocycles.